The van der Waals surface area contributed by atoms with Crippen LogP contribution < -0.4 is 0 Å². The average molecular weight is 280 g/mol. The van der Waals surface area contributed by atoms with Crippen molar-refractivity contribution in [3.8, 4) is 5.69 Å². The molecule has 0 aliphatic rings. The standard InChI is InChI=1S/C16H13FN4/c1-12-7-9-14(17)15(11-12)21-19-16(18-20-21)10-8-13-5-3-2-4-6-13/h2-11H,1H3. The van der Waals surface area contributed by atoms with E-state index >= 15 is 0 Å². The highest BCUT2D eigenvalue weighted by Crippen LogP contribution is 2.13. The highest BCUT2D eigenvalue weighted by atomic mass is 19.1. The van der Waals surface area contributed by atoms with Gasteiger partial charge in [0, 0.05) is 0 Å². The quantitative estimate of drug-likeness (QED) is 0.739. The van der Waals surface area contributed by atoms with Gasteiger partial charge in [0.15, 0.2) is 11.6 Å². The molecule has 0 amide bonds. The summed E-state index contributed by atoms with van der Waals surface area (Å²) < 4.78 is 13.8. The van der Waals surface area contributed by atoms with E-state index < -0.39 is 0 Å². The lowest BCUT2D eigenvalue weighted by atomic mass is 10.2. The minimum absolute atomic E-state index is 0.293. The third kappa shape index (κ3) is 3.02. The number of halogens is 1. The van der Waals surface area contributed by atoms with Crippen LogP contribution in [-0.4, -0.2) is 20.2 Å². The molecule has 0 N–H and O–H groups in total. The number of hydrogen-bond donors (Lipinski definition) is 0. The van der Waals surface area contributed by atoms with Gasteiger partial charge in [-0.25, -0.2) is 4.39 Å². The largest absolute Gasteiger partial charge is 0.205 e. The van der Waals surface area contributed by atoms with E-state index in [0.717, 1.165) is 11.1 Å². The van der Waals surface area contributed by atoms with Gasteiger partial charge in [-0.3, -0.25) is 0 Å². The van der Waals surface area contributed by atoms with E-state index in [9.17, 15) is 4.39 Å². The number of tetrazole rings is 1. The molecule has 0 aliphatic heterocycles. The summed E-state index contributed by atoms with van der Waals surface area (Å²) in [4.78, 5) is 1.20. The Kier molecular flexibility index (Phi) is 3.55. The van der Waals surface area contributed by atoms with Crippen LogP contribution in [0.3, 0.4) is 0 Å². The maximum absolute atomic E-state index is 13.8. The zero-order valence-corrected chi connectivity index (χ0v) is 11.4. The van der Waals surface area contributed by atoms with Gasteiger partial charge < -0.3 is 0 Å². The molecule has 0 bridgehead atoms. The zero-order valence-electron chi connectivity index (χ0n) is 11.4. The van der Waals surface area contributed by atoms with Crippen molar-refractivity contribution in [2.75, 3.05) is 0 Å². The summed E-state index contributed by atoms with van der Waals surface area (Å²) in [6.45, 7) is 1.89. The predicted molar refractivity (Wildman–Crippen MR) is 79.2 cm³/mol. The van der Waals surface area contributed by atoms with Gasteiger partial charge in [-0.2, -0.15) is 0 Å². The van der Waals surface area contributed by atoms with E-state index in [2.05, 4.69) is 15.4 Å². The highest BCUT2D eigenvalue weighted by molar-refractivity contribution is 5.66. The van der Waals surface area contributed by atoms with Crippen molar-refractivity contribution in [1.82, 2.24) is 20.2 Å². The lowest BCUT2D eigenvalue weighted by Gasteiger charge is -2.01. The van der Waals surface area contributed by atoms with Crippen molar-refractivity contribution >= 4 is 12.2 Å². The van der Waals surface area contributed by atoms with Gasteiger partial charge >= 0.3 is 0 Å². The predicted octanol–water partition coefficient (Wildman–Crippen LogP) is 3.28. The fourth-order valence-electron chi connectivity index (χ4n) is 1.90. The molecule has 1 heterocycles. The van der Waals surface area contributed by atoms with Crippen LogP contribution in [0, 0.1) is 12.7 Å². The fraction of sp³-hybridized carbons (Fsp3) is 0.0625. The first-order valence-electron chi connectivity index (χ1n) is 6.52. The van der Waals surface area contributed by atoms with Crippen molar-refractivity contribution in [3.63, 3.8) is 0 Å². The lowest BCUT2D eigenvalue weighted by Crippen LogP contribution is -2.02. The number of hydrogen-bond acceptors (Lipinski definition) is 3. The molecule has 0 spiro atoms. The normalized spacial score (nSPS) is 11.1. The van der Waals surface area contributed by atoms with Crippen LogP contribution in [-0.2, 0) is 0 Å². The molecule has 4 nitrogen and oxygen atoms in total. The Bertz CT molecular complexity index is 778. The first-order valence-corrected chi connectivity index (χ1v) is 6.52. The van der Waals surface area contributed by atoms with E-state index in [1.54, 1.807) is 18.2 Å². The Labute approximate surface area is 121 Å². The number of benzene rings is 2. The minimum atomic E-state index is -0.378. The Balaban J connectivity index is 1.87. The molecule has 0 saturated carbocycles. The number of aromatic nitrogens is 4. The molecule has 2 aromatic carbocycles. The summed E-state index contributed by atoms with van der Waals surface area (Å²) in [7, 11) is 0. The van der Waals surface area contributed by atoms with Gasteiger partial charge in [0.1, 0.15) is 5.69 Å². The minimum Gasteiger partial charge on any atom is -0.205 e. The van der Waals surface area contributed by atoms with Crippen LogP contribution in [0.1, 0.15) is 17.0 Å². The van der Waals surface area contributed by atoms with E-state index in [-0.39, 0.29) is 5.82 Å². The van der Waals surface area contributed by atoms with Crippen LogP contribution in [0.15, 0.2) is 48.5 Å². The fourth-order valence-corrected chi connectivity index (χ4v) is 1.90. The smallest absolute Gasteiger partial charge is 0.198 e. The highest BCUT2D eigenvalue weighted by Gasteiger charge is 2.08. The molecule has 0 aliphatic carbocycles. The first kappa shape index (κ1) is 13.2. The number of rotatable bonds is 3. The lowest BCUT2D eigenvalue weighted by molar-refractivity contribution is 0.591. The number of nitrogens with zero attached hydrogens (tertiary/aromatic N) is 4. The van der Waals surface area contributed by atoms with Crippen molar-refractivity contribution in [3.05, 3.63) is 71.3 Å². The van der Waals surface area contributed by atoms with Gasteiger partial charge in [-0.05, 0) is 41.5 Å². The van der Waals surface area contributed by atoms with Gasteiger partial charge in [0.2, 0.25) is 0 Å². The van der Waals surface area contributed by atoms with Crippen LogP contribution in [0.25, 0.3) is 17.8 Å². The van der Waals surface area contributed by atoms with Gasteiger partial charge in [-0.15, -0.1) is 15.0 Å². The molecule has 0 saturated heterocycles. The summed E-state index contributed by atoms with van der Waals surface area (Å²) in [6.07, 6.45) is 3.63. The Morgan fingerprint density at radius 2 is 1.86 bits per heavy atom. The van der Waals surface area contributed by atoms with Crippen LogP contribution in [0.5, 0.6) is 0 Å². The molecular weight excluding hydrogens is 267 g/mol. The van der Waals surface area contributed by atoms with Crippen LogP contribution in [0.2, 0.25) is 0 Å². The molecule has 1 aromatic heterocycles. The third-order valence-electron chi connectivity index (χ3n) is 2.97. The summed E-state index contributed by atoms with van der Waals surface area (Å²) in [5, 5.41) is 12.0. The molecule has 104 valence electrons. The van der Waals surface area contributed by atoms with Crippen molar-refractivity contribution in [2.45, 2.75) is 6.92 Å². The second kappa shape index (κ2) is 5.66. The number of aryl methyl sites for hydroxylation is 1. The van der Waals surface area contributed by atoms with E-state index in [1.807, 2.05) is 43.3 Å². The van der Waals surface area contributed by atoms with E-state index in [0.29, 0.717) is 11.5 Å². The zero-order chi connectivity index (χ0) is 14.7. The Morgan fingerprint density at radius 1 is 1.05 bits per heavy atom. The van der Waals surface area contributed by atoms with E-state index in [1.165, 1.54) is 10.9 Å². The van der Waals surface area contributed by atoms with E-state index in [4.69, 9.17) is 0 Å². The molecule has 21 heavy (non-hydrogen) atoms. The van der Waals surface area contributed by atoms with Gasteiger partial charge in [-0.1, -0.05) is 42.5 Å². The average Bonchev–Trinajstić information content (AvgIpc) is 2.97. The summed E-state index contributed by atoms with van der Waals surface area (Å²) in [5.74, 6) is 0.0522. The molecule has 0 radical (unpaired) electrons. The Morgan fingerprint density at radius 3 is 2.67 bits per heavy atom. The van der Waals surface area contributed by atoms with Gasteiger partial charge in [0.05, 0.1) is 0 Å². The van der Waals surface area contributed by atoms with Gasteiger partial charge in [0.25, 0.3) is 0 Å². The third-order valence-corrected chi connectivity index (χ3v) is 2.97. The summed E-state index contributed by atoms with van der Waals surface area (Å²) in [6, 6.07) is 14.6. The molecule has 0 atom stereocenters. The molecule has 3 rings (SSSR count). The maximum atomic E-state index is 13.8. The van der Waals surface area contributed by atoms with Crippen LogP contribution in [0.4, 0.5) is 4.39 Å². The molecule has 0 fully saturated rings. The van der Waals surface area contributed by atoms with Crippen LogP contribution >= 0.6 is 0 Å². The second-order valence-corrected chi connectivity index (χ2v) is 4.64. The SMILES string of the molecule is Cc1ccc(F)c(-n2nnc(C=Cc3ccccc3)n2)c1. The topological polar surface area (TPSA) is 43.6 Å². The molecule has 5 heteroatoms. The monoisotopic (exact) mass is 280 g/mol. The second-order valence-electron chi connectivity index (χ2n) is 4.64. The van der Waals surface area contributed by atoms with Crippen molar-refractivity contribution in [1.29, 1.82) is 0 Å². The summed E-state index contributed by atoms with van der Waals surface area (Å²) >= 11 is 0. The van der Waals surface area contributed by atoms with Crippen molar-refractivity contribution in [2.24, 2.45) is 0 Å². The summed E-state index contributed by atoms with van der Waals surface area (Å²) in [5.41, 5.74) is 2.27. The molecular formula is C16H13FN4. The molecule has 0 unspecified atom stereocenters. The van der Waals surface area contributed by atoms with Crippen molar-refractivity contribution < 1.29 is 4.39 Å². The maximum Gasteiger partial charge on any atom is 0.198 e. The Hall–Kier alpha value is -2.82. The first-order chi connectivity index (χ1) is 10.2. The molecule has 3 aromatic rings.